The van der Waals surface area contributed by atoms with Crippen LogP contribution in [0.4, 0.5) is 0 Å². The summed E-state index contributed by atoms with van der Waals surface area (Å²) in [5, 5.41) is 17.8. The van der Waals surface area contributed by atoms with Gasteiger partial charge in [0.1, 0.15) is 0 Å². The fourth-order valence-corrected chi connectivity index (χ4v) is 0.862. The van der Waals surface area contributed by atoms with E-state index >= 15 is 0 Å². The third kappa shape index (κ3) is 20.8. The van der Waals surface area contributed by atoms with Gasteiger partial charge in [0.15, 0.2) is 0 Å². The Morgan fingerprint density at radius 3 is 1.76 bits per heavy atom. The van der Waals surface area contributed by atoms with Gasteiger partial charge in [-0.2, -0.15) is 0 Å². The Hall–Kier alpha value is -1.23. The third-order valence-electron chi connectivity index (χ3n) is 1.33. The molecule has 0 spiro atoms. The van der Waals surface area contributed by atoms with Gasteiger partial charge in [-0.1, -0.05) is 6.58 Å². The fraction of sp³-hybridized carbons (Fsp3) is 0.500. The molecule has 1 saturated heterocycles. The quantitative estimate of drug-likeness (QED) is 0.535. The zero-order chi connectivity index (χ0) is 13.1. The number of rotatable bonds is 1. The van der Waals surface area contributed by atoms with Crippen molar-refractivity contribution in [2.24, 2.45) is 0 Å². The maximum atomic E-state index is 10.7. The number of carbonyl (C=O) groups is 3. The van der Waals surface area contributed by atoms with Crippen LogP contribution in [0.25, 0.3) is 0 Å². The smallest absolute Gasteiger partial charge is 0.550 e. The number of likely N-dealkylation sites (tertiary alicyclic amines) is 1. The van der Waals surface area contributed by atoms with E-state index in [1.165, 1.54) is 0 Å². The standard InChI is InChI=1S/C6H9NO.2C2H4O2.Zn/c1-2-7-5-3-4-6(7)8;2*1-2(3)4;/h2H,1,3-5H2;2*1H3,(H,3,4);/q;;;+2/p-2. The van der Waals surface area contributed by atoms with Crippen LogP contribution in [0, 0.1) is 0 Å². The molecule has 0 aromatic rings. The van der Waals surface area contributed by atoms with Gasteiger partial charge in [-0.25, -0.2) is 0 Å². The first-order valence-corrected chi connectivity index (χ1v) is 4.58. The topological polar surface area (TPSA) is 101 Å². The molecule has 17 heavy (non-hydrogen) atoms. The van der Waals surface area contributed by atoms with Gasteiger partial charge in [0.2, 0.25) is 5.91 Å². The number of aliphatic carboxylic acids is 2. The van der Waals surface area contributed by atoms with Gasteiger partial charge in [-0.3, -0.25) is 4.79 Å². The van der Waals surface area contributed by atoms with Gasteiger partial charge in [0.25, 0.3) is 0 Å². The Balaban J connectivity index is -0.000000189. The average Bonchev–Trinajstić information content (AvgIpc) is 2.48. The van der Waals surface area contributed by atoms with E-state index in [1.54, 1.807) is 11.1 Å². The molecule has 7 heteroatoms. The molecular formula is C10H15NO5Zn. The summed E-state index contributed by atoms with van der Waals surface area (Å²) >= 11 is 0. The summed E-state index contributed by atoms with van der Waals surface area (Å²) in [5.74, 6) is -1.96. The van der Waals surface area contributed by atoms with Crippen LogP contribution < -0.4 is 10.2 Å². The van der Waals surface area contributed by atoms with Crippen molar-refractivity contribution in [2.45, 2.75) is 26.7 Å². The van der Waals surface area contributed by atoms with Crippen LogP contribution in [0.5, 0.6) is 0 Å². The Kier molecular flexibility index (Phi) is 15.9. The molecule has 1 heterocycles. The maximum Gasteiger partial charge on any atom is 2.00 e. The molecule has 0 radical (unpaired) electrons. The zero-order valence-corrected chi connectivity index (χ0v) is 13.1. The first kappa shape index (κ1) is 21.1. The molecule has 6 nitrogen and oxygen atoms in total. The maximum absolute atomic E-state index is 10.7. The number of nitrogens with zero attached hydrogens (tertiary/aromatic N) is 1. The SMILES string of the molecule is C=CN1CCCC1=O.CC(=O)[O-].CC(=O)[O-].[Zn+2]. The number of hydrogen-bond acceptors (Lipinski definition) is 5. The van der Waals surface area contributed by atoms with Crippen LogP contribution in [-0.4, -0.2) is 29.3 Å². The summed E-state index contributed by atoms with van der Waals surface area (Å²) in [6.07, 6.45) is 3.28. The molecular weight excluding hydrogens is 280 g/mol. The molecule has 0 atom stereocenters. The Bertz CT molecular complexity index is 247. The first-order chi connectivity index (χ1) is 7.31. The van der Waals surface area contributed by atoms with E-state index in [2.05, 4.69) is 6.58 Å². The minimum Gasteiger partial charge on any atom is -0.550 e. The van der Waals surface area contributed by atoms with E-state index < -0.39 is 11.9 Å². The van der Waals surface area contributed by atoms with Crippen molar-refractivity contribution in [3.63, 3.8) is 0 Å². The molecule has 0 aromatic heterocycles. The summed E-state index contributed by atoms with van der Waals surface area (Å²) < 4.78 is 0. The van der Waals surface area contributed by atoms with Gasteiger partial charge in [0, 0.05) is 24.9 Å². The van der Waals surface area contributed by atoms with Crippen LogP contribution in [-0.2, 0) is 33.9 Å². The van der Waals surface area contributed by atoms with Crippen molar-refractivity contribution < 1.29 is 44.1 Å². The normalized spacial score (nSPS) is 12.1. The summed E-state index contributed by atoms with van der Waals surface area (Å²) in [7, 11) is 0. The molecule has 1 aliphatic rings. The minimum absolute atomic E-state index is 0. The summed E-state index contributed by atoms with van der Waals surface area (Å²) in [6, 6.07) is 0. The van der Waals surface area contributed by atoms with E-state index in [-0.39, 0.29) is 25.4 Å². The van der Waals surface area contributed by atoms with E-state index in [4.69, 9.17) is 19.8 Å². The number of carboxylic acid groups (broad SMARTS) is 2. The third-order valence-corrected chi connectivity index (χ3v) is 1.33. The second-order valence-electron chi connectivity index (χ2n) is 2.86. The van der Waals surface area contributed by atoms with Crippen LogP contribution in [0.15, 0.2) is 12.8 Å². The monoisotopic (exact) mass is 293 g/mol. The van der Waals surface area contributed by atoms with Crippen molar-refractivity contribution in [1.82, 2.24) is 4.90 Å². The Morgan fingerprint density at radius 1 is 1.29 bits per heavy atom. The van der Waals surface area contributed by atoms with Gasteiger partial charge in [-0.05, 0) is 26.5 Å². The largest absolute Gasteiger partial charge is 2.00 e. The van der Waals surface area contributed by atoms with Crippen molar-refractivity contribution in [3.05, 3.63) is 12.8 Å². The Morgan fingerprint density at radius 2 is 1.65 bits per heavy atom. The molecule has 0 saturated carbocycles. The molecule has 0 bridgehead atoms. The molecule has 0 aromatic carbocycles. The van der Waals surface area contributed by atoms with Crippen molar-refractivity contribution in [1.29, 1.82) is 0 Å². The second-order valence-corrected chi connectivity index (χ2v) is 2.86. The van der Waals surface area contributed by atoms with E-state index in [9.17, 15) is 4.79 Å². The van der Waals surface area contributed by atoms with E-state index in [0.717, 1.165) is 26.8 Å². The number of carbonyl (C=O) groups excluding carboxylic acids is 3. The van der Waals surface area contributed by atoms with Crippen LogP contribution in [0.3, 0.4) is 0 Å². The molecule has 1 rings (SSSR count). The molecule has 0 N–H and O–H groups in total. The van der Waals surface area contributed by atoms with Crippen molar-refractivity contribution in [2.75, 3.05) is 6.54 Å². The number of hydrogen-bond donors (Lipinski definition) is 0. The van der Waals surface area contributed by atoms with Gasteiger partial charge in [0.05, 0.1) is 0 Å². The average molecular weight is 295 g/mol. The number of carboxylic acids is 2. The van der Waals surface area contributed by atoms with Crippen LogP contribution in [0.1, 0.15) is 26.7 Å². The molecule has 0 unspecified atom stereocenters. The van der Waals surface area contributed by atoms with E-state index in [1.807, 2.05) is 0 Å². The van der Waals surface area contributed by atoms with E-state index in [0.29, 0.717) is 6.42 Å². The van der Waals surface area contributed by atoms with Crippen LogP contribution >= 0.6 is 0 Å². The summed E-state index contributed by atoms with van der Waals surface area (Å²) in [4.78, 5) is 30.1. The predicted octanol–water partition coefficient (Wildman–Crippen LogP) is -1.74. The minimum atomic E-state index is -1.08. The van der Waals surface area contributed by atoms with Gasteiger partial charge >= 0.3 is 19.5 Å². The molecule has 92 valence electrons. The molecule has 1 aliphatic heterocycles. The van der Waals surface area contributed by atoms with Crippen molar-refractivity contribution in [3.8, 4) is 0 Å². The predicted molar refractivity (Wildman–Crippen MR) is 52.5 cm³/mol. The second kappa shape index (κ2) is 12.8. The molecule has 0 aliphatic carbocycles. The zero-order valence-electron chi connectivity index (χ0n) is 10.1. The van der Waals surface area contributed by atoms with Crippen LogP contribution in [0.2, 0.25) is 0 Å². The molecule has 1 amide bonds. The Labute approximate surface area is 113 Å². The summed E-state index contributed by atoms with van der Waals surface area (Å²) in [6.45, 7) is 6.31. The van der Waals surface area contributed by atoms with Gasteiger partial charge in [-0.15, -0.1) is 0 Å². The van der Waals surface area contributed by atoms with Gasteiger partial charge < -0.3 is 24.7 Å². The fourth-order valence-electron chi connectivity index (χ4n) is 0.862. The first-order valence-electron chi connectivity index (χ1n) is 4.58. The number of amides is 1. The van der Waals surface area contributed by atoms with Crippen molar-refractivity contribution >= 4 is 17.8 Å². The summed E-state index contributed by atoms with van der Waals surface area (Å²) in [5.41, 5.74) is 0. The molecule has 1 fully saturated rings.